The van der Waals surface area contributed by atoms with Crippen LogP contribution >= 0.6 is 35.4 Å². The maximum atomic E-state index is 5.77. The van der Waals surface area contributed by atoms with Crippen molar-refractivity contribution in [2.75, 3.05) is 6.61 Å². The van der Waals surface area contributed by atoms with E-state index in [0.717, 1.165) is 5.56 Å². The highest BCUT2D eigenvalue weighted by atomic mass is 35.5. The summed E-state index contributed by atoms with van der Waals surface area (Å²) in [6, 6.07) is 9.58. The summed E-state index contributed by atoms with van der Waals surface area (Å²) in [5.41, 5.74) is 0.913. The number of halogens is 2. The first-order valence-corrected chi connectivity index (χ1v) is 6.19. The molecule has 0 fully saturated rings. The number of thiocarbonyl (C=S) groups is 1. The van der Waals surface area contributed by atoms with Gasteiger partial charge in [0.2, 0.25) is 0 Å². The Labute approximate surface area is 111 Å². The number of alkyl halides is 2. The zero-order valence-electron chi connectivity index (χ0n) is 8.82. The van der Waals surface area contributed by atoms with E-state index in [-0.39, 0.29) is 0 Å². The molecule has 0 spiro atoms. The van der Waals surface area contributed by atoms with E-state index >= 15 is 0 Å². The first kappa shape index (κ1) is 13.7. The number of nitrogens with one attached hydrogen (secondary N) is 1. The lowest BCUT2D eigenvalue weighted by Crippen LogP contribution is -2.40. The summed E-state index contributed by atoms with van der Waals surface area (Å²) >= 11 is 16.8. The molecule has 0 bridgehead atoms. The van der Waals surface area contributed by atoms with Gasteiger partial charge in [0.15, 0.2) is 11.1 Å². The van der Waals surface area contributed by atoms with Crippen LogP contribution in [0.15, 0.2) is 30.3 Å². The summed E-state index contributed by atoms with van der Waals surface area (Å²) in [6.45, 7) is 2.39. The molecule has 1 rings (SSSR count). The highest BCUT2D eigenvalue weighted by Crippen LogP contribution is 2.11. The van der Waals surface area contributed by atoms with Gasteiger partial charge in [-0.05, 0) is 6.92 Å². The fraction of sp³-hybridized carbons (Fsp3) is 0.364. The molecule has 1 aromatic carbocycles. The third-order valence-electron chi connectivity index (χ3n) is 1.88. The van der Waals surface area contributed by atoms with Crippen LogP contribution in [0.5, 0.6) is 0 Å². The molecular formula is C11H13Cl2NOS. The van der Waals surface area contributed by atoms with Gasteiger partial charge in [-0.15, -0.1) is 23.2 Å². The fourth-order valence-corrected chi connectivity index (χ4v) is 1.68. The van der Waals surface area contributed by atoms with Crippen molar-refractivity contribution in [3.05, 3.63) is 35.9 Å². The Hall–Kier alpha value is -0.350. The van der Waals surface area contributed by atoms with Gasteiger partial charge in [-0.3, -0.25) is 0 Å². The summed E-state index contributed by atoms with van der Waals surface area (Å²) in [7, 11) is 0. The topological polar surface area (TPSA) is 21.3 Å². The Kier molecular flexibility index (Phi) is 6.06. The average molecular weight is 278 g/mol. The number of rotatable bonds is 5. The minimum absolute atomic E-state index is 0.485. The van der Waals surface area contributed by atoms with Gasteiger partial charge in [0.1, 0.15) is 4.99 Å². The zero-order valence-corrected chi connectivity index (χ0v) is 11.1. The van der Waals surface area contributed by atoms with Gasteiger partial charge >= 0.3 is 0 Å². The number of hydrogen-bond donors (Lipinski definition) is 1. The molecule has 1 atom stereocenters. The van der Waals surface area contributed by atoms with Gasteiger partial charge in [-0.2, -0.15) is 0 Å². The standard InChI is InChI=1S/C11H13Cl2NOS/c1-2-15-10(9(12)13)14-11(16)8-6-4-3-5-7-8/h3-7,9-10H,2H2,1H3,(H,14,16). The number of ether oxygens (including phenoxy) is 1. The van der Waals surface area contributed by atoms with Crippen LogP contribution in [0.25, 0.3) is 0 Å². The Morgan fingerprint density at radius 3 is 2.50 bits per heavy atom. The minimum atomic E-state index is -0.665. The lowest BCUT2D eigenvalue weighted by molar-refractivity contribution is 0.0628. The quantitative estimate of drug-likeness (QED) is 0.508. The molecule has 0 radical (unpaired) electrons. The maximum Gasteiger partial charge on any atom is 0.158 e. The Balaban J connectivity index is 2.62. The van der Waals surface area contributed by atoms with E-state index in [2.05, 4.69) is 5.32 Å². The minimum Gasteiger partial charge on any atom is -0.356 e. The molecule has 1 aromatic rings. The second-order valence-corrected chi connectivity index (χ2v) is 4.62. The molecule has 0 aromatic heterocycles. The van der Waals surface area contributed by atoms with Crippen LogP contribution in [0.1, 0.15) is 12.5 Å². The van der Waals surface area contributed by atoms with Crippen molar-refractivity contribution in [2.45, 2.75) is 18.0 Å². The lowest BCUT2D eigenvalue weighted by Gasteiger charge is -2.20. The molecule has 88 valence electrons. The molecule has 5 heteroatoms. The van der Waals surface area contributed by atoms with E-state index < -0.39 is 11.1 Å². The van der Waals surface area contributed by atoms with Crippen LogP contribution in [0.2, 0.25) is 0 Å². The first-order chi connectivity index (χ1) is 7.65. The van der Waals surface area contributed by atoms with E-state index in [0.29, 0.717) is 11.6 Å². The predicted molar refractivity (Wildman–Crippen MR) is 72.2 cm³/mol. The zero-order chi connectivity index (χ0) is 12.0. The molecule has 1 N–H and O–H groups in total. The second kappa shape index (κ2) is 7.07. The SMILES string of the molecule is CCOC(NC(=S)c1ccccc1)C(Cl)Cl. The Bertz CT molecular complexity index is 332. The molecule has 0 heterocycles. The average Bonchev–Trinajstić information content (AvgIpc) is 2.29. The monoisotopic (exact) mass is 277 g/mol. The maximum absolute atomic E-state index is 5.77. The molecule has 0 aliphatic heterocycles. The van der Waals surface area contributed by atoms with Crippen molar-refractivity contribution in [2.24, 2.45) is 0 Å². The molecule has 1 unspecified atom stereocenters. The summed E-state index contributed by atoms with van der Waals surface area (Å²) in [4.78, 5) is -0.0908. The van der Waals surface area contributed by atoms with Crippen molar-refractivity contribution >= 4 is 40.4 Å². The van der Waals surface area contributed by atoms with Crippen molar-refractivity contribution in [1.29, 1.82) is 0 Å². The molecule has 16 heavy (non-hydrogen) atoms. The van der Waals surface area contributed by atoms with Gasteiger partial charge in [0.25, 0.3) is 0 Å². The van der Waals surface area contributed by atoms with Gasteiger partial charge in [-0.1, -0.05) is 42.5 Å². The highest BCUT2D eigenvalue weighted by Gasteiger charge is 2.18. The van der Waals surface area contributed by atoms with E-state index in [1.54, 1.807) is 0 Å². The van der Waals surface area contributed by atoms with E-state index in [4.69, 9.17) is 40.2 Å². The molecule has 2 nitrogen and oxygen atoms in total. The van der Waals surface area contributed by atoms with Crippen molar-refractivity contribution in [1.82, 2.24) is 5.32 Å². The van der Waals surface area contributed by atoms with Crippen LogP contribution in [-0.2, 0) is 4.74 Å². The van der Waals surface area contributed by atoms with E-state index in [9.17, 15) is 0 Å². The van der Waals surface area contributed by atoms with Gasteiger partial charge < -0.3 is 10.1 Å². The van der Waals surface area contributed by atoms with Crippen molar-refractivity contribution in [3.63, 3.8) is 0 Å². The van der Waals surface area contributed by atoms with Gasteiger partial charge in [0.05, 0.1) is 0 Å². The number of hydrogen-bond acceptors (Lipinski definition) is 2. The lowest BCUT2D eigenvalue weighted by atomic mass is 10.2. The van der Waals surface area contributed by atoms with Gasteiger partial charge in [0, 0.05) is 12.2 Å². The fourth-order valence-electron chi connectivity index (χ4n) is 1.16. The summed E-state index contributed by atoms with van der Waals surface area (Å²) < 4.78 is 5.33. The van der Waals surface area contributed by atoms with E-state index in [1.165, 1.54) is 0 Å². The van der Waals surface area contributed by atoms with E-state index in [1.807, 2.05) is 37.3 Å². The molecule has 0 aliphatic rings. The summed E-state index contributed by atoms with van der Waals surface area (Å²) in [5.74, 6) is 0. The molecule has 0 aliphatic carbocycles. The molecular weight excluding hydrogens is 265 g/mol. The Morgan fingerprint density at radius 2 is 2.00 bits per heavy atom. The normalized spacial score (nSPS) is 12.5. The van der Waals surface area contributed by atoms with Gasteiger partial charge in [-0.25, -0.2) is 0 Å². The number of benzene rings is 1. The van der Waals surface area contributed by atoms with Crippen LogP contribution < -0.4 is 5.32 Å². The van der Waals surface area contributed by atoms with Crippen LogP contribution in [0.3, 0.4) is 0 Å². The van der Waals surface area contributed by atoms with Crippen LogP contribution in [0.4, 0.5) is 0 Å². The highest BCUT2D eigenvalue weighted by molar-refractivity contribution is 7.80. The Morgan fingerprint density at radius 1 is 1.38 bits per heavy atom. The second-order valence-electron chi connectivity index (χ2n) is 3.05. The van der Waals surface area contributed by atoms with Crippen molar-refractivity contribution < 1.29 is 4.74 Å². The predicted octanol–water partition coefficient (Wildman–Crippen LogP) is 3.12. The van der Waals surface area contributed by atoms with Crippen LogP contribution in [-0.4, -0.2) is 22.7 Å². The molecule has 0 saturated heterocycles. The first-order valence-electron chi connectivity index (χ1n) is 4.90. The third kappa shape index (κ3) is 4.26. The molecule has 0 saturated carbocycles. The van der Waals surface area contributed by atoms with Crippen molar-refractivity contribution in [3.8, 4) is 0 Å². The molecule has 0 amide bonds. The third-order valence-corrected chi connectivity index (χ3v) is 2.70. The summed E-state index contributed by atoms with van der Waals surface area (Å²) in [5, 5.41) is 2.98. The smallest absolute Gasteiger partial charge is 0.158 e. The van der Waals surface area contributed by atoms with Crippen LogP contribution in [0, 0.1) is 0 Å². The summed E-state index contributed by atoms with van der Waals surface area (Å²) in [6.07, 6.45) is -0.485. The largest absolute Gasteiger partial charge is 0.356 e.